The summed E-state index contributed by atoms with van der Waals surface area (Å²) >= 11 is 17.4. The smallest absolute Gasteiger partial charge is 0.162 e. The predicted molar refractivity (Wildman–Crippen MR) is 86.7 cm³/mol. The average Bonchev–Trinajstić information content (AvgIpc) is 3.11. The van der Waals surface area contributed by atoms with Crippen molar-refractivity contribution < 1.29 is 4.42 Å². The monoisotopic (exact) mass is 325 g/mol. The van der Waals surface area contributed by atoms with Crippen LogP contribution in [0.15, 0.2) is 34.7 Å². The maximum atomic E-state index is 6.03. The Morgan fingerprint density at radius 3 is 2.50 bits per heavy atom. The Morgan fingerprint density at radius 2 is 1.80 bits per heavy atom. The van der Waals surface area contributed by atoms with E-state index >= 15 is 0 Å². The number of likely N-dealkylation sites (tertiary alicyclic amines) is 1. The third kappa shape index (κ3) is 2.71. The fourth-order valence-corrected chi connectivity index (χ4v) is 2.92. The van der Waals surface area contributed by atoms with Crippen molar-refractivity contribution in [3.05, 3.63) is 46.1 Å². The number of nitrogens with zero attached hydrogens (tertiary/aromatic N) is 1. The van der Waals surface area contributed by atoms with Crippen molar-refractivity contribution in [1.29, 1.82) is 0 Å². The second kappa shape index (κ2) is 5.76. The van der Waals surface area contributed by atoms with Crippen LogP contribution in [-0.4, -0.2) is 23.0 Å². The molecular formula is C15H13Cl2NOS. The molecule has 1 aromatic carbocycles. The van der Waals surface area contributed by atoms with Crippen molar-refractivity contribution in [1.82, 2.24) is 4.90 Å². The Balaban J connectivity index is 1.85. The van der Waals surface area contributed by atoms with Crippen molar-refractivity contribution in [3.8, 4) is 11.3 Å². The van der Waals surface area contributed by atoms with Crippen LogP contribution >= 0.6 is 35.4 Å². The van der Waals surface area contributed by atoms with Crippen molar-refractivity contribution in [2.45, 2.75) is 12.8 Å². The molecule has 0 radical (unpaired) electrons. The lowest BCUT2D eigenvalue weighted by Gasteiger charge is -2.16. The number of furan rings is 1. The van der Waals surface area contributed by atoms with Gasteiger partial charge in [0, 0.05) is 18.7 Å². The van der Waals surface area contributed by atoms with Gasteiger partial charge in [0.2, 0.25) is 0 Å². The summed E-state index contributed by atoms with van der Waals surface area (Å²) in [4.78, 5) is 2.97. The lowest BCUT2D eigenvalue weighted by Crippen LogP contribution is -2.26. The molecule has 0 amide bonds. The number of benzene rings is 1. The van der Waals surface area contributed by atoms with Gasteiger partial charge in [-0.2, -0.15) is 0 Å². The first-order chi connectivity index (χ1) is 9.65. The predicted octanol–water partition coefficient (Wildman–Crippen LogP) is 5.02. The lowest BCUT2D eigenvalue weighted by atomic mass is 10.2. The minimum Gasteiger partial charge on any atom is -0.454 e. The number of halogens is 2. The standard InChI is InChI=1S/C15H13Cl2NOS/c16-11-4-3-10(9-12(11)17)13-5-6-14(19-13)15(20)18-7-1-2-8-18/h3-6,9H,1-2,7-8H2. The van der Waals surface area contributed by atoms with E-state index in [0.29, 0.717) is 10.0 Å². The highest BCUT2D eigenvalue weighted by atomic mass is 35.5. The summed E-state index contributed by atoms with van der Waals surface area (Å²) in [6.07, 6.45) is 2.39. The van der Waals surface area contributed by atoms with E-state index in [4.69, 9.17) is 39.8 Å². The fraction of sp³-hybridized carbons (Fsp3) is 0.267. The molecular weight excluding hydrogens is 313 g/mol. The van der Waals surface area contributed by atoms with E-state index in [2.05, 4.69) is 4.90 Å². The molecule has 1 aliphatic heterocycles. The first-order valence-electron chi connectivity index (χ1n) is 6.50. The third-order valence-electron chi connectivity index (χ3n) is 3.41. The van der Waals surface area contributed by atoms with Crippen LogP contribution < -0.4 is 0 Å². The maximum Gasteiger partial charge on any atom is 0.162 e. The summed E-state index contributed by atoms with van der Waals surface area (Å²) < 4.78 is 5.85. The molecule has 2 nitrogen and oxygen atoms in total. The molecule has 0 aliphatic carbocycles. The minimum atomic E-state index is 0.518. The summed E-state index contributed by atoms with van der Waals surface area (Å²) in [5.41, 5.74) is 0.898. The van der Waals surface area contributed by atoms with Crippen LogP contribution in [0.25, 0.3) is 11.3 Å². The molecule has 0 atom stereocenters. The molecule has 20 heavy (non-hydrogen) atoms. The highest BCUT2D eigenvalue weighted by Gasteiger charge is 2.19. The zero-order valence-corrected chi connectivity index (χ0v) is 13.1. The molecule has 1 aliphatic rings. The number of rotatable bonds is 2. The van der Waals surface area contributed by atoms with E-state index in [1.54, 1.807) is 12.1 Å². The van der Waals surface area contributed by atoms with Crippen LogP contribution in [0.5, 0.6) is 0 Å². The second-order valence-electron chi connectivity index (χ2n) is 4.79. The Morgan fingerprint density at radius 1 is 1.05 bits per heavy atom. The van der Waals surface area contributed by atoms with Gasteiger partial charge >= 0.3 is 0 Å². The van der Waals surface area contributed by atoms with Gasteiger partial charge < -0.3 is 9.32 Å². The fourth-order valence-electron chi connectivity index (χ4n) is 2.33. The van der Waals surface area contributed by atoms with Crippen molar-refractivity contribution in [2.24, 2.45) is 0 Å². The van der Waals surface area contributed by atoms with Crippen molar-refractivity contribution in [2.75, 3.05) is 13.1 Å². The Labute approximate surface area is 133 Å². The van der Waals surface area contributed by atoms with E-state index < -0.39 is 0 Å². The average molecular weight is 326 g/mol. The number of hydrogen-bond donors (Lipinski definition) is 0. The van der Waals surface area contributed by atoms with E-state index in [0.717, 1.165) is 35.2 Å². The molecule has 1 fully saturated rings. The molecule has 5 heteroatoms. The third-order valence-corrected chi connectivity index (χ3v) is 4.61. The van der Waals surface area contributed by atoms with Gasteiger partial charge in [-0.05, 0) is 43.2 Å². The molecule has 0 bridgehead atoms. The molecule has 0 N–H and O–H groups in total. The quantitative estimate of drug-likeness (QED) is 0.721. The number of thiocarbonyl (C=S) groups is 1. The van der Waals surface area contributed by atoms with Gasteiger partial charge in [0.25, 0.3) is 0 Å². The molecule has 104 valence electrons. The summed E-state index contributed by atoms with van der Waals surface area (Å²) in [5, 5.41) is 1.05. The molecule has 0 unspecified atom stereocenters. The van der Waals surface area contributed by atoms with Gasteiger partial charge in [0.15, 0.2) is 5.76 Å². The van der Waals surface area contributed by atoms with Gasteiger partial charge in [-0.1, -0.05) is 35.4 Å². The van der Waals surface area contributed by atoms with Crippen LogP contribution in [0.3, 0.4) is 0 Å². The second-order valence-corrected chi connectivity index (χ2v) is 5.99. The van der Waals surface area contributed by atoms with Gasteiger partial charge in [-0.3, -0.25) is 0 Å². The van der Waals surface area contributed by atoms with Crippen molar-refractivity contribution >= 4 is 40.4 Å². The van der Waals surface area contributed by atoms with E-state index in [9.17, 15) is 0 Å². The summed E-state index contributed by atoms with van der Waals surface area (Å²) in [5.74, 6) is 1.49. The number of hydrogen-bond acceptors (Lipinski definition) is 2. The molecule has 0 spiro atoms. The van der Waals surface area contributed by atoms with Gasteiger partial charge in [-0.15, -0.1) is 0 Å². The topological polar surface area (TPSA) is 16.4 Å². The van der Waals surface area contributed by atoms with Crippen LogP contribution in [0.1, 0.15) is 18.6 Å². The van der Waals surface area contributed by atoms with Crippen LogP contribution in [0.4, 0.5) is 0 Å². The largest absolute Gasteiger partial charge is 0.454 e. The zero-order chi connectivity index (χ0) is 14.1. The Kier molecular flexibility index (Phi) is 4.01. The molecule has 3 rings (SSSR count). The SMILES string of the molecule is S=C(c1ccc(-c2ccc(Cl)c(Cl)c2)o1)N1CCCC1. The van der Waals surface area contributed by atoms with Crippen LogP contribution in [-0.2, 0) is 0 Å². The highest BCUT2D eigenvalue weighted by molar-refractivity contribution is 7.80. The zero-order valence-electron chi connectivity index (χ0n) is 10.7. The van der Waals surface area contributed by atoms with Crippen LogP contribution in [0.2, 0.25) is 10.0 Å². The van der Waals surface area contributed by atoms with E-state index in [-0.39, 0.29) is 0 Å². The van der Waals surface area contributed by atoms with Gasteiger partial charge in [-0.25, -0.2) is 0 Å². The van der Waals surface area contributed by atoms with Crippen LogP contribution in [0, 0.1) is 0 Å². The van der Waals surface area contributed by atoms with Gasteiger partial charge in [0.05, 0.1) is 10.0 Å². The van der Waals surface area contributed by atoms with E-state index in [1.807, 2.05) is 18.2 Å². The minimum absolute atomic E-state index is 0.518. The molecule has 0 saturated carbocycles. The van der Waals surface area contributed by atoms with Gasteiger partial charge in [0.1, 0.15) is 10.7 Å². The summed E-state index contributed by atoms with van der Waals surface area (Å²) in [6, 6.07) is 9.27. The first-order valence-corrected chi connectivity index (χ1v) is 7.66. The maximum absolute atomic E-state index is 6.03. The molecule has 1 saturated heterocycles. The summed E-state index contributed by atoms with van der Waals surface area (Å²) in [7, 11) is 0. The lowest BCUT2D eigenvalue weighted by molar-refractivity contribution is 0.500. The molecule has 2 aromatic rings. The summed E-state index contributed by atoms with van der Waals surface area (Å²) in [6.45, 7) is 2.03. The van der Waals surface area contributed by atoms with Crippen molar-refractivity contribution in [3.63, 3.8) is 0 Å². The Bertz CT molecular complexity index is 647. The highest BCUT2D eigenvalue weighted by Crippen LogP contribution is 2.30. The molecule has 1 aromatic heterocycles. The first kappa shape index (κ1) is 13.9. The Hall–Kier alpha value is -1.03. The van der Waals surface area contributed by atoms with E-state index in [1.165, 1.54) is 12.8 Å². The molecule has 2 heterocycles. The normalized spacial score (nSPS) is 14.8.